The minimum absolute atomic E-state index is 0.0456. The molecule has 0 saturated heterocycles. The van der Waals surface area contributed by atoms with Crippen molar-refractivity contribution < 1.29 is 15.0 Å². The Bertz CT molecular complexity index is 747. The highest BCUT2D eigenvalue weighted by Gasteiger charge is 2.44. The summed E-state index contributed by atoms with van der Waals surface area (Å²) < 4.78 is 0. The first-order chi connectivity index (χ1) is 12.0. The average molecular weight is 336 g/mol. The van der Waals surface area contributed by atoms with Gasteiger partial charge in [-0.3, -0.25) is 4.79 Å². The van der Waals surface area contributed by atoms with Gasteiger partial charge < -0.3 is 10.2 Å². The number of carbonyl (C=O) groups is 1. The third kappa shape index (κ3) is 3.89. The van der Waals surface area contributed by atoms with Gasteiger partial charge in [0.2, 0.25) is 0 Å². The largest absolute Gasteiger partial charge is 0.365 e. The molecule has 0 amide bonds. The molecule has 2 atom stereocenters. The maximum atomic E-state index is 11.6. The molecule has 2 aromatic rings. The maximum Gasteiger partial charge on any atom is 0.177 e. The number of hydrogen-bond acceptors (Lipinski definition) is 3. The van der Waals surface area contributed by atoms with Crippen LogP contribution >= 0.6 is 0 Å². The predicted molar refractivity (Wildman–Crippen MR) is 98.8 cm³/mol. The van der Waals surface area contributed by atoms with Crippen LogP contribution < -0.4 is 0 Å². The van der Waals surface area contributed by atoms with E-state index in [2.05, 4.69) is 6.08 Å². The number of ketones is 1. The Morgan fingerprint density at radius 1 is 1.04 bits per heavy atom. The molecule has 0 saturated carbocycles. The van der Waals surface area contributed by atoms with Gasteiger partial charge in [-0.25, -0.2) is 0 Å². The minimum Gasteiger partial charge on any atom is -0.365 e. The van der Waals surface area contributed by atoms with E-state index in [-0.39, 0.29) is 18.1 Å². The van der Waals surface area contributed by atoms with E-state index in [0.717, 1.165) is 29.5 Å². The summed E-state index contributed by atoms with van der Waals surface area (Å²) in [6.45, 7) is 1.40. The summed E-state index contributed by atoms with van der Waals surface area (Å²) in [4.78, 5) is 11.6. The van der Waals surface area contributed by atoms with Crippen molar-refractivity contribution in [2.45, 2.75) is 37.9 Å². The molecule has 2 unspecified atom stereocenters. The van der Waals surface area contributed by atoms with Crippen molar-refractivity contribution >= 4 is 11.4 Å². The molecular formula is C22H24O3. The van der Waals surface area contributed by atoms with E-state index in [4.69, 9.17) is 0 Å². The zero-order valence-electron chi connectivity index (χ0n) is 14.4. The predicted octanol–water partition coefficient (Wildman–Crippen LogP) is 3.92. The molecule has 3 heteroatoms. The maximum absolute atomic E-state index is 11.6. The zero-order valence-corrected chi connectivity index (χ0v) is 14.4. The number of hydrogen-bond donors (Lipinski definition) is 2. The Labute approximate surface area is 148 Å². The third-order valence-corrected chi connectivity index (χ3v) is 4.92. The number of Topliss-reactive ketones (excluding diaryl/α,β-unsaturated/α-hetero) is 1. The molecule has 1 aliphatic carbocycles. The van der Waals surface area contributed by atoms with Crippen LogP contribution in [0, 0.1) is 5.92 Å². The average Bonchev–Trinajstić information content (AvgIpc) is 2.61. The van der Waals surface area contributed by atoms with Gasteiger partial charge in [0, 0.05) is 5.92 Å². The Hall–Kier alpha value is -2.23. The van der Waals surface area contributed by atoms with Crippen molar-refractivity contribution in [1.29, 1.82) is 0 Å². The van der Waals surface area contributed by atoms with Gasteiger partial charge in [-0.2, -0.15) is 0 Å². The third-order valence-electron chi connectivity index (χ3n) is 4.92. The number of allylic oxidation sites excluding steroid dienone is 1. The summed E-state index contributed by atoms with van der Waals surface area (Å²) in [7, 11) is 0. The molecule has 1 aliphatic rings. The fourth-order valence-corrected chi connectivity index (χ4v) is 3.96. The van der Waals surface area contributed by atoms with Crippen molar-refractivity contribution in [3.8, 4) is 0 Å². The van der Waals surface area contributed by atoms with Crippen molar-refractivity contribution in [2.75, 3.05) is 0 Å². The van der Waals surface area contributed by atoms with E-state index < -0.39 is 11.7 Å². The summed E-state index contributed by atoms with van der Waals surface area (Å²) in [5.74, 6) is -2.89. The molecule has 0 fully saturated rings. The molecule has 0 radical (unpaired) electrons. The SMILES string of the molecule is CC(=O)CC(O)(O)C1C(c2ccccc2)=CCCC1c1ccccc1. The van der Waals surface area contributed by atoms with Crippen LogP contribution in [-0.2, 0) is 4.79 Å². The highest BCUT2D eigenvalue weighted by molar-refractivity contribution is 5.78. The molecule has 0 aliphatic heterocycles. The van der Waals surface area contributed by atoms with Gasteiger partial charge in [0.1, 0.15) is 5.78 Å². The van der Waals surface area contributed by atoms with Crippen molar-refractivity contribution in [2.24, 2.45) is 5.92 Å². The summed E-state index contributed by atoms with van der Waals surface area (Å²) in [5.41, 5.74) is 2.96. The highest BCUT2D eigenvalue weighted by atomic mass is 16.5. The molecule has 0 bridgehead atoms. The van der Waals surface area contributed by atoms with Gasteiger partial charge in [-0.1, -0.05) is 66.7 Å². The first kappa shape index (κ1) is 17.6. The topological polar surface area (TPSA) is 57.5 Å². The molecule has 2 aromatic carbocycles. The van der Waals surface area contributed by atoms with Crippen molar-refractivity contribution in [3.05, 3.63) is 77.9 Å². The number of benzene rings is 2. The second-order valence-electron chi connectivity index (χ2n) is 6.86. The second-order valence-corrected chi connectivity index (χ2v) is 6.86. The van der Waals surface area contributed by atoms with Crippen LogP contribution in [-0.4, -0.2) is 21.8 Å². The normalized spacial score (nSPS) is 20.8. The lowest BCUT2D eigenvalue weighted by atomic mass is 9.68. The fourth-order valence-electron chi connectivity index (χ4n) is 3.96. The quantitative estimate of drug-likeness (QED) is 0.814. The van der Waals surface area contributed by atoms with Crippen LogP contribution in [0.3, 0.4) is 0 Å². The van der Waals surface area contributed by atoms with Crippen molar-refractivity contribution in [3.63, 3.8) is 0 Å². The standard InChI is InChI=1S/C22H24O3/c1-16(23)15-22(24,25)21-19(17-9-4-2-5-10-17)13-8-14-20(21)18-11-6-3-7-12-18/h2-7,9-13,20-21,24-25H,8,14-15H2,1H3. The van der Waals surface area contributed by atoms with E-state index in [9.17, 15) is 15.0 Å². The molecule has 25 heavy (non-hydrogen) atoms. The molecule has 0 spiro atoms. The first-order valence-electron chi connectivity index (χ1n) is 8.73. The molecule has 0 heterocycles. The van der Waals surface area contributed by atoms with Crippen LogP contribution in [0.2, 0.25) is 0 Å². The minimum atomic E-state index is -2.07. The summed E-state index contributed by atoms with van der Waals surface area (Å²) in [6.07, 6.45) is 3.51. The Morgan fingerprint density at radius 2 is 1.64 bits per heavy atom. The lowest BCUT2D eigenvalue weighted by Crippen LogP contribution is -2.44. The summed E-state index contributed by atoms with van der Waals surface area (Å²) >= 11 is 0. The lowest BCUT2D eigenvalue weighted by molar-refractivity contribution is -0.196. The fraction of sp³-hybridized carbons (Fsp3) is 0.318. The van der Waals surface area contributed by atoms with Crippen LogP contribution in [0.15, 0.2) is 66.7 Å². The summed E-state index contributed by atoms with van der Waals surface area (Å²) in [5, 5.41) is 21.7. The smallest absolute Gasteiger partial charge is 0.177 e. The Kier molecular flexibility index (Phi) is 5.16. The van der Waals surface area contributed by atoms with Crippen LogP contribution in [0.1, 0.15) is 43.2 Å². The number of carbonyl (C=O) groups excluding carboxylic acids is 1. The van der Waals surface area contributed by atoms with Gasteiger partial charge in [0.15, 0.2) is 5.79 Å². The van der Waals surface area contributed by atoms with Crippen molar-refractivity contribution in [1.82, 2.24) is 0 Å². The van der Waals surface area contributed by atoms with Gasteiger partial charge in [-0.15, -0.1) is 0 Å². The Morgan fingerprint density at radius 3 is 2.24 bits per heavy atom. The van der Waals surface area contributed by atoms with E-state index in [1.165, 1.54) is 6.92 Å². The molecule has 3 nitrogen and oxygen atoms in total. The first-order valence-corrected chi connectivity index (χ1v) is 8.73. The van der Waals surface area contributed by atoms with E-state index in [1.54, 1.807) is 0 Å². The second kappa shape index (κ2) is 7.34. The van der Waals surface area contributed by atoms with Gasteiger partial charge >= 0.3 is 0 Å². The van der Waals surface area contributed by atoms with Crippen LogP contribution in [0.4, 0.5) is 0 Å². The number of aliphatic hydroxyl groups is 2. The Balaban J connectivity index is 2.08. The van der Waals surface area contributed by atoms with Crippen LogP contribution in [0.25, 0.3) is 5.57 Å². The monoisotopic (exact) mass is 336 g/mol. The molecule has 130 valence electrons. The zero-order chi connectivity index (χ0) is 17.9. The molecular weight excluding hydrogens is 312 g/mol. The highest BCUT2D eigenvalue weighted by Crippen LogP contribution is 2.47. The van der Waals surface area contributed by atoms with Crippen LogP contribution in [0.5, 0.6) is 0 Å². The summed E-state index contributed by atoms with van der Waals surface area (Å²) in [6, 6.07) is 19.7. The molecule has 3 rings (SSSR count). The molecule has 2 N–H and O–H groups in total. The van der Waals surface area contributed by atoms with Gasteiger partial charge in [-0.05, 0) is 42.4 Å². The molecule has 0 aromatic heterocycles. The van der Waals surface area contributed by atoms with Gasteiger partial charge in [0.05, 0.1) is 6.42 Å². The van der Waals surface area contributed by atoms with E-state index in [1.807, 2.05) is 60.7 Å². The number of rotatable bonds is 5. The van der Waals surface area contributed by atoms with E-state index >= 15 is 0 Å². The van der Waals surface area contributed by atoms with Gasteiger partial charge in [0.25, 0.3) is 0 Å². The van der Waals surface area contributed by atoms with E-state index in [0.29, 0.717) is 0 Å². The lowest BCUT2D eigenvalue weighted by Gasteiger charge is -2.41.